The van der Waals surface area contributed by atoms with Crippen molar-refractivity contribution in [2.75, 3.05) is 7.11 Å². The highest BCUT2D eigenvalue weighted by atomic mass is 16.8. The number of ketones is 2. The Morgan fingerprint density at radius 1 is 1.04 bits per heavy atom. The van der Waals surface area contributed by atoms with E-state index in [1.54, 1.807) is 13.8 Å². The minimum absolute atomic E-state index is 0.0814. The SMILES string of the molecule is CO[n+]1onc(C(=O)c2nocc2C)c1CC(=O)c1nocc1C. The van der Waals surface area contributed by atoms with Crippen LogP contribution in [0.3, 0.4) is 0 Å². The molecular formula is C14H13N4O6+. The van der Waals surface area contributed by atoms with Gasteiger partial charge in [-0.15, -0.1) is 0 Å². The van der Waals surface area contributed by atoms with E-state index in [4.69, 9.17) is 18.5 Å². The van der Waals surface area contributed by atoms with Crippen LogP contribution in [0.15, 0.2) is 26.2 Å². The number of nitrogens with zero attached hydrogens (tertiary/aromatic N) is 4. The predicted octanol–water partition coefficient (Wildman–Crippen LogP) is 0.270. The molecule has 0 amide bonds. The normalized spacial score (nSPS) is 10.8. The molecule has 24 heavy (non-hydrogen) atoms. The van der Waals surface area contributed by atoms with Crippen LogP contribution in [0.4, 0.5) is 0 Å². The fourth-order valence-corrected chi connectivity index (χ4v) is 2.14. The summed E-state index contributed by atoms with van der Waals surface area (Å²) in [6.45, 7) is 3.35. The summed E-state index contributed by atoms with van der Waals surface area (Å²) in [6.07, 6.45) is 2.47. The van der Waals surface area contributed by atoms with Gasteiger partial charge in [-0.2, -0.15) is 0 Å². The van der Waals surface area contributed by atoms with Gasteiger partial charge in [0.15, 0.2) is 22.3 Å². The van der Waals surface area contributed by atoms with Crippen molar-refractivity contribution in [3.8, 4) is 0 Å². The molecule has 0 aliphatic rings. The predicted molar refractivity (Wildman–Crippen MR) is 73.1 cm³/mol. The Balaban J connectivity index is 1.97. The van der Waals surface area contributed by atoms with E-state index in [9.17, 15) is 9.59 Å². The molecule has 3 aromatic heterocycles. The van der Waals surface area contributed by atoms with Crippen molar-refractivity contribution >= 4 is 11.6 Å². The molecule has 0 radical (unpaired) electrons. The number of hydrogen-bond acceptors (Lipinski definition) is 9. The third kappa shape index (κ3) is 2.57. The van der Waals surface area contributed by atoms with Crippen molar-refractivity contribution in [1.82, 2.24) is 15.5 Å². The van der Waals surface area contributed by atoms with Crippen molar-refractivity contribution in [3.63, 3.8) is 0 Å². The maximum absolute atomic E-state index is 12.6. The summed E-state index contributed by atoms with van der Waals surface area (Å²) in [7, 11) is 1.32. The number of aryl methyl sites for hydroxylation is 2. The molecule has 3 heterocycles. The average Bonchev–Trinajstić information content (AvgIpc) is 3.26. The lowest BCUT2D eigenvalue weighted by Gasteiger charge is -1.96. The Morgan fingerprint density at radius 2 is 1.67 bits per heavy atom. The van der Waals surface area contributed by atoms with Crippen molar-refractivity contribution in [2.45, 2.75) is 20.3 Å². The van der Waals surface area contributed by atoms with Crippen molar-refractivity contribution in [2.24, 2.45) is 0 Å². The molecule has 0 fully saturated rings. The first-order valence-electron chi connectivity index (χ1n) is 6.88. The van der Waals surface area contributed by atoms with Crippen LogP contribution in [-0.4, -0.2) is 34.1 Å². The second kappa shape index (κ2) is 6.07. The summed E-state index contributed by atoms with van der Waals surface area (Å²) in [5, 5.41) is 11.0. The molecule has 10 heteroatoms. The van der Waals surface area contributed by atoms with E-state index >= 15 is 0 Å². The molecule has 0 unspecified atom stereocenters. The third-order valence-electron chi connectivity index (χ3n) is 3.38. The number of carbonyl (C=O) groups is 2. The number of Topliss-reactive ketones (excluding diaryl/α,β-unsaturated/α-hetero) is 1. The van der Waals surface area contributed by atoms with Gasteiger partial charge in [0.2, 0.25) is 0 Å². The summed E-state index contributed by atoms with van der Waals surface area (Å²) in [5.41, 5.74) is 1.41. The quantitative estimate of drug-likeness (QED) is 0.584. The Hall–Kier alpha value is -3.30. The van der Waals surface area contributed by atoms with E-state index in [2.05, 4.69) is 15.5 Å². The molecular weight excluding hydrogens is 320 g/mol. The molecule has 0 N–H and O–H groups in total. The van der Waals surface area contributed by atoms with Gasteiger partial charge < -0.3 is 13.9 Å². The summed E-state index contributed by atoms with van der Waals surface area (Å²) in [5.74, 6) is -0.915. The second-order valence-electron chi connectivity index (χ2n) is 5.03. The molecule has 0 saturated heterocycles. The first-order chi connectivity index (χ1) is 11.5. The fourth-order valence-electron chi connectivity index (χ4n) is 2.14. The van der Waals surface area contributed by atoms with Gasteiger partial charge in [-0.05, 0) is 18.5 Å². The standard InChI is InChI=1S/C14H13N4O6/c1-7-5-22-15-11(7)10(19)4-9-13(17-24-18(9)21-3)14(20)12-8(2)6-23-16-12/h5-6H,4H2,1-3H3/q+1. The first kappa shape index (κ1) is 15.6. The Morgan fingerprint density at radius 3 is 2.21 bits per heavy atom. The van der Waals surface area contributed by atoms with Gasteiger partial charge in [0.25, 0.3) is 11.5 Å². The maximum atomic E-state index is 12.6. The number of hydrogen-bond donors (Lipinski definition) is 0. The minimum atomic E-state index is -0.541. The molecule has 0 aliphatic carbocycles. The zero-order valence-electron chi connectivity index (χ0n) is 13.1. The van der Waals surface area contributed by atoms with Crippen LogP contribution in [-0.2, 0) is 6.42 Å². The molecule has 3 aromatic rings. The van der Waals surface area contributed by atoms with Gasteiger partial charge in [-0.3, -0.25) is 9.59 Å². The van der Waals surface area contributed by atoms with Crippen LogP contribution in [0, 0.1) is 13.8 Å². The van der Waals surface area contributed by atoms with E-state index in [0.717, 1.165) is 4.90 Å². The minimum Gasteiger partial charge on any atom is -0.364 e. The van der Waals surface area contributed by atoms with Crippen molar-refractivity contribution < 1.29 is 33.0 Å². The van der Waals surface area contributed by atoms with Crippen molar-refractivity contribution in [3.05, 3.63) is 46.4 Å². The monoisotopic (exact) mass is 333 g/mol. The zero-order chi connectivity index (χ0) is 17.3. The highest BCUT2D eigenvalue weighted by Gasteiger charge is 2.36. The topological polar surface area (TPSA) is 125 Å². The molecule has 124 valence electrons. The van der Waals surface area contributed by atoms with Crippen molar-refractivity contribution in [1.29, 1.82) is 0 Å². The Bertz CT molecular complexity index is 906. The van der Waals surface area contributed by atoms with Crippen LogP contribution in [0.5, 0.6) is 0 Å². The lowest BCUT2D eigenvalue weighted by molar-refractivity contribution is -1.02. The van der Waals surface area contributed by atoms with Gasteiger partial charge in [0.1, 0.15) is 24.5 Å². The highest BCUT2D eigenvalue weighted by Crippen LogP contribution is 2.15. The lowest BCUT2D eigenvalue weighted by atomic mass is 10.0. The van der Waals surface area contributed by atoms with Crippen LogP contribution >= 0.6 is 0 Å². The molecule has 3 rings (SSSR count). The summed E-state index contributed by atoms with van der Waals surface area (Å²) >= 11 is 0. The molecule has 10 nitrogen and oxygen atoms in total. The Kier molecular flexibility index (Phi) is 3.94. The molecule has 0 aromatic carbocycles. The number of rotatable bonds is 6. The van der Waals surface area contributed by atoms with Crippen LogP contribution in [0.2, 0.25) is 0 Å². The third-order valence-corrected chi connectivity index (χ3v) is 3.38. The first-order valence-corrected chi connectivity index (χ1v) is 6.88. The molecule has 0 saturated carbocycles. The van der Waals surface area contributed by atoms with E-state index in [1.165, 1.54) is 19.6 Å². The van der Waals surface area contributed by atoms with E-state index in [-0.39, 0.29) is 35.0 Å². The van der Waals surface area contributed by atoms with E-state index in [1.807, 2.05) is 0 Å². The summed E-state index contributed by atoms with van der Waals surface area (Å²) in [4.78, 5) is 30.8. The number of aromatic nitrogens is 4. The average molecular weight is 333 g/mol. The lowest BCUT2D eigenvalue weighted by Crippen LogP contribution is -2.43. The molecule has 0 aliphatic heterocycles. The van der Waals surface area contributed by atoms with Gasteiger partial charge in [0, 0.05) is 11.1 Å². The van der Waals surface area contributed by atoms with Gasteiger partial charge in [-0.1, -0.05) is 10.3 Å². The van der Waals surface area contributed by atoms with E-state index in [0.29, 0.717) is 11.1 Å². The summed E-state index contributed by atoms with van der Waals surface area (Å²) in [6, 6.07) is 0. The van der Waals surface area contributed by atoms with Gasteiger partial charge in [-0.25, -0.2) is 0 Å². The molecule has 0 bridgehead atoms. The zero-order valence-corrected chi connectivity index (χ0v) is 13.1. The smallest absolute Gasteiger partial charge is 0.323 e. The number of carbonyl (C=O) groups excluding carboxylic acids is 2. The second-order valence-corrected chi connectivity index (χ2v) is 5.03. The molecule has 0 atom stereocenters. The largest absolute Gasteiger partial charge is 0.364 e. The highest BCUT2D eigenvalue weighted by molar-refractivity contribution is 6.08. The molecule has 0 spiro atoms. The summed E-state index contributed by atoms with van der Waals surface area (Å²) < 4.78 is 14.4. The van der Waals surface area contributed by atoms with Gasteiger partial charge >= 0.3 is 5.69 Å². The van der Waals surface area contributed by atoms with Crippen LogP contribution in [0.1, 0.15) is 43.5 Å². The van der Waals surface area contributed by atoms with Gasteiger partial charge in [0.05, 0.1) is 6.42 Å². The fraction of sp³-hybridized carbons (Fsp3) is 0.286. The maximum Gasteiger partial charge on any atom is 0.323 e. The van der Waals surface area contributed by atoms with Crippen LogP contribution in [0.25, 0.3) is 0 Å². The van der Waals surface area contributed by atoms with Crippen LogP contribution < -0.4 is 9.74 Å². The Labute approximate surface area is 134 Å². The van der Waals surface area contributed by atoms with E-state index < -0.39 is 5.78 Å².